The number of esters is 1. The molecule has 0 aliphatic heterocycles. The summed E-state index contributed by atoms with van der Waals surface area (Å²) in [7, 11) is 1.36. The minimum absolute atomic E-state index is 0.370. The predicted molar refractivity (Wildman–Crippen MR) is 74.5 cm³/mol. The van der Waals surface area contributed by atoms with Crippen molar-refractivity contribution in [3.05, 3.63) is 54.0 Å². The van der Waals surface area contributed by atoms with Gasteiger partial charge in [0, 0.05) is 18.1 Å². The van der Waals surface area contributed by atoms with E-state index < -0.39 is 0 Å². The molecule has 100 valence electrons. The first kappa shape index (κ1) is 12.3. The number of aryl methyl sites for hydroxylation is 1. The summed E-state index contributed by atoms with van der Waals surface area (Å²) in [6.07, 6.45) is 3.67. The fourth-order valence-electron chi connectivity index (χ4n) is 2.04. The summed E-state index contributed by atoms with van der Waals surface area (Å²) in [5.74, 6) is -0.370. The molecule has 0 N–H and O–H groups in total. The van der Waals surface area contributed by atoms with Gasteiger partial charge in [-0.1, -0.05) is 6.07 Å². The normalized spacial score (nSPS) is 10.7. The van der Waals surface area contributed by atoms with Crippen LogP contribution in [0.1, 0.15) is 16.1 Å². The van der Waals surface area contributed by atoms with E-state index in [-0.39, 0.29) is 5.97 Å². The van der Waals surface area contributed by atoms with Gasteiger partial charge in [0.2, 0.25) is 0 Å². The van der Waals surface area contributed by atoms with Crippen LogP contribution in [0.3, 0.4) is 0 Å². The van der Waals surface area contributed by atoms with E-state index in [1.165, 1.54) is 7.11 Å². The first-order chi connectivity index (χ1) is 9.67. The zero-order chi connectivity index (χ0) is 14.1. The smallest absolute Gasteiger partial charge is 0.338 e. The SMILES string of the molecule is COC(=O)c1ccn2cc(-c3cccc(C)n3)nc2c1. The number of fused-ring (bicyclic) bond motifs is 1. The van der Waals surface area contributed by atoms with Crippen LogP contribution in [0.2, 0.25) is 0 Å². The van der Waals surface area contributed by atoms with Gasteiger partial charge in [-0.2, -0.15) is 0 Å². The minimum Gasteiger partial charge on any atom is -0.465 e. The average molecular weight is 267 g/mol. The van der Waals surface area contributed by atoms with Crippen LogP contribution in [-0.2, 0) is 4.74 Å². The lowest BCUT2D eigenvalue weighted by Gasteiger charge is -1.98. The summed E-state index contributed by atoms with van der Waals surface area (Å²) in [5, 5.41) is 0. The molecule has 0 saturated carbocycles. The second-order valence-electron chi connectivity index (χ2n) is 4.46. The number of carbonyl (C=O) groups excluding carboxylic acids is 1. The number of hydrogen-bond donors (Lipinski definition) is 0. The van der Waals surface area contributed by atoms with Crippen molar-refractivity contribution in [2.45, 2.75) is 6.92 Å². The van der Waals surface area contributed by atoms with Crippen molar-refractivity contribution in [3.8, 4) is 11.4 Å². The molecule has 3 heterocycles. The highest BCUT2D eigenvalue weighted by molar-refractivity contribution is 5.90. The number of aromatic nitrogens is 3. The van der Waals surface area contributed by atoms with E-state index >= 15 is 0 Å². The molecule has 0 aliphatic rings. The maximum absolute atomic E-state index is 11.5. The van der Waals surface area contributed by atoms with E-state index in [9.17, 15) is 4.79 Å². The third-order valence-electron chi connectivity index (χ3n) is 3.03. The molecule has 0 unspecified atom stereocenters. The van der Waals surface area contributed by atoms with Crippen molar-refractivity contribution >= 4 is 11.6 Å². The van der Waals surface area contributed by atoms with Crippen molar-refractivity contribution < 1.29 is 9.53 Å². The summed E-state index contributed by atoms with van der Waals surface area (Å²) in [5.41, 5.74) is 3.69. The van der Waals surface area contributed by atoms with Crippen LogP contribution in [0.25, 0.3) is 17.0 Å². The number of rotatable bonds is 2. The van der Waals surface area contributed by atoms with Gasteiger partial charge in [0.25, 0.3) is 0 Å². The molecule has 0 atom stereocenters. The molecule has 3 aromatic heterocycles. The van der Waals surface area contributed by atoms with E-state index in [1.807, 2.05) is 35.7 Å². The summed E-state index contributed by atoms with van der Waals surface area (Å²) >= 11 is 0. The molecule has 0 bridgehead atoms. The van der Waals surface area contributed by atoms with Gasteiger partial charge in [-0.25, -0.2) is 9.78 Å². The summed E-state index contributed by atoms with van der Waals surface area (Å²) in [6.45, 7) is 1.94. The second-order valence-corrected chi connectivity index (χ2v) is 4.46. The molecule has 3 aromatic rings. The van der Waals surface area contributed by atoms with Gasteiger partial charge in [-0.05, 0) is 31.2 Å². The van der Waals surface area contributed by atoms with E-state index in [2.05, 4.69) is 9.97 Å². The monoisotopic (exact) mass is 267 g/mol. The highest BCUT2D eigenvalue weighted by atomic mass is 16.5. The molecular formula is C15H13N3O2. The number of carbonyl (C=O) groups is 1. The van der Waals surface area contributed by atoms with Crippen LogP contribution < -0.4 is 0 Å². The molecule has 0 saturated heterocycles. The lowest BCUT2D eigenvalue weighted by molar-refractivity contribution is 0.0600. The topological polar surface area (TPSA) is 56.5 Å². The fraction of sp³-hybridized carbons (Fsp3) is 0.133. The van der Waals surface area contributed by atoms with E-state index in [0.717, 1.165) is 17.1 Å². The Labute approximate surface area is 115 Å². The van der Waals surface area contributed by atoms with Gasteiger partial charge >= 0.3 is 5.97 Å². The number of hydrogen-bond acceptors (Lipinski definition) is 4. The van der Waals surface area contributed by atoms with Crippen molar-refractivity contribution in [3.63, 3.8) is 0 Å². The van der Waals surface area contributed by atoms with Gasteiger partial charge < -0.3 is 9.14 Å². The van der Waals surface area contributed by atoms with E-state index in [4.69, 9.17) is 4.74 Å². The quantitative estimate of drug-likeness (QED) is 0.669. The van der Waals surface area contributed by atoms with Gasteiger partial charge in [0.1, 0.15) is 11.3 Å². The zero-order valence-corrected chi connectivity index (χ0v) is 11.2. The van der Waals surface area contributed by atoms with Gasteiger partial charge in [-0.3, -0.25) is 4.98 Å². The Bertz CT molecular complexity index is 793. The van der Waals surface area contributed by atoms with Crippen LogP contribution in [0.4, 0.5) is 0 Å². The zero-order valence-electron chi connectivity index (χ0n) is 11.2. The van der Waals surface area contributed by atoms with Crippen molar-refractivity contribution in [2.24, 2.45) is 0 Å². The van der Waals surface area contributed by atoms with Crippen molar-refractivity contribution in [2.75, 3.05) is 7.11 Å². The number of pyridine rings is 2. The number of methoxy groups -OCH3 is 1. The van der Waals surface area contributed by atoms with Crippen LogP contribution >= 0.6 is 0 Å². The van der Waals surface area contributed by atoms with Crippen LogP contribution in [0.5, 0.6) is 0 Å². The van der Waals surface area contributed by atoms with Crippen LogP contribution in [0.15, 0.2) is 42.7 Å². The molecule has 0 amide bonds. The Hall–Kier alpha value is -2.69. The molecule has 0 fully saturated rings. The molecule has 3 rings (SSSR count). The first-order valence-corrected chi connectivity index (χ1v) is 6.18. The third kappa shape index (κ3) is 2.14. The highest BCUT2D eigenvalue weighted by Gasteiger charge is 2.09. The van der Waals surface area contributed by atoms with Crippen LogP contribution in [0, 0.1) is 6.92 Å². The number of imidazole rings is 1. The predicted octanol–water partition coefficient (Wildman–Crippen LogP) is 2.49. The van der Waals surface area contributed by atoms with E-state index in [1.54, 1.807) is 18.3 Å². The Balaban J connectivity index is 2.09. The Morgan fingerprint density at radius 1 is 1.20 bits per heavy atom. The standard InChI is InChI=1S/C15H13N3O2/c1-10-4-3-5-12(16-10)13-9-18-7-6-11(15(19)20-2)8-14(18)17-13/h3-9H,1-2H3. The van der Waals surface area contributed by atoms with Gasteiger partial charge in [-0.15, -0.1) is 0 Å². The van der Waals surface area contributed by atoms with Gasteiger partial charge in [0.05, 0.1) is 18.4 Å². The molecule has 5 heteroatoms. The highest BCUT2D eigenvalue weighted by Crippen LogP contribution is 2.18. The lowest BCUT2D eigenvalue weighted by Crippen LogP contribution is -2.01. The molecular weight excluding hydrogens is 254 g/mol. The molecule has 0 radical (unpaired) electrons. The lowest BCUT2D eigenvalue weighted by atomic mass is 10.2. The molecule has 0 aliphatic carbocycles. The van der Waals surface area contributed by atoms with Crippen molar-refractivity contribution in [1.29, 1.82) is 0 Å². The maximum Gasteiger partial charge on any atom is 0.338 e. The first-order valence-electron chi connectivity index (χ1n) is 6.18. The van der Waals surface area contributed by atoms with E-state index in [0.29, 0.717) is 11.2 Å². The largest absolute Gasteiger partial charge is 0.465 e. The van der Waals surface area contributed by atoms with Crippen LogP contribution in [-0.4, -0.2) is 27.4 Å². The summed E-state index contributed by atoms with van der Waals surface area (Å²) < 4.78 is 6.56. The Morgan fingerprint density at radius 3 is 2.80 bits per heavy atom. The average Bonchev–Trinajstić information content (AvgIpc) is 2.89. The molecule has 20 heavy (non-hydrogen) atoms. The molecule has 0 aromatic carbocycles. The fourth-order valence-corrected chi connectivity index (χ4v) is 2.04. The molecule has 0 spiro atoms. The Kier molecular flexibility index (Phi) is 2.95. The second kappa shape index (κ2) is 4.77. The summed E-state index contributed by atoms with van der Waals surface area (Å²) in [4.78, 5) is 20.4. The van der Waals surface area contributed by atoms with Gasteiger partial charge in [0.15, 0.2) is 0 Å². The number of ether oxygens (including phenoxy) is 1. The number of nitrogens with zero attached hydrogens (tertiary/aromatic N) is 3. The molecule has 5 nitrogen and oxygen atoms in total. The summed E-state index contributed by atoms with van der Waals surface area (Å²) in [6, 6.07) is 9.20. The maximum atomic E-state index is 11.5. The van der Waals surface area contributed by atoms with Crippen molar-refractivity contribution in [1.82, 2.24) is 14.4 Å². The third-order valence-corrected chi connectivity index (χ3v) is 3.03. The minimum atomic E-state index is -0.370. The Morgan fingerprint density at radius 2 is 2.05 bits per heavy atom.